The normalized spacial score (nSPS) is 15.0. The van der Waals surface area contributed by atoms with E-state index in [4.69, 9.17) is 0 Å². The molecule has 0 fully saturated rings. The Bertz CT molecular complexity index is 730. The van der Waals surface area contributed by atoms with Crippen LogP contribution in [0.25, 0.3) is 5.13 Å². The van der Waals surface area contributed by atoms with Crippen molar-refractivity contribution in [2.45, 2.75) is 19.5 Å². The summed E-state index contributed by atoms with van der Waals surface area (Å²) >= 11 is 1.68. The van der Waals surface area contributed by atoms with Gasteiger partial charge in [0.2, 0.25) is 0 Å². The van der Waals surface area contributed by atoms with Crippen LogP contribution in [0.1, 0.15) is 16.8 Å². The molecule has 1 aromatic carbocycles. The van der Waals surface area contributed by atoms with Gasteiger partial charge >= 0.3 is 0 Å². The van der Waals surface area contributed by atoms with Crippen LogP contribution in [0, 0.1) is 0 Å². The molecule has 2 aromatic heterocycles. The molecule has 0 unspecified atom stereocenters. The molecule has 0 aliphatic carbocycles. The Morgan fingerprint density at radius 3 is 2.86 bits per heavy atom. The molecule has 0 N–H and O–H groups in total. The van der Waals surface area contributed by atoms with E-state index < -0.39 is 0 Å². The zero-order valence-corrected chi connectivity index (χ0v) is 12.6. The first kappa shape index (κ1) is 12.8. The summed E-state index contributed by atoms with van der Waals surface area (Å²) in [5.74, 6) is 0. The van der Waals surface area contributed by atoms with E-state index >= 15 is 0 Å². The van der Waals surface area contributed by atoms with Crippen molar-refractivity contribution in [2.75, 3.05) is 6.54 Å². The summed E-state index contributed by atoms with van der Waals surface area (Å²) in [7, 11) is 0. The zero-order chi connectivity index (χ0) is 14.1. The van der Waals surface area contributed by atoms with E-state index in [-0.39, 0.29) is 0 Å². The molecular formula is C17H17N3S. The van der Waals surface area contributed by atoms with Gasteiger partial charge in [0.05, 0.1) is 0 Å². The smallest absolute Gasteiger partial charge is 0.193 e. The van der Waals surface area contributed by atoms with Gasteiger partial charge in [0, 0.05) is 43.1 Å². The summed E-state index contributed by atoms with van der Waals surface area (Å²) in [5.41, 5.74) is 4.28. The van der Waals surface area contributed by atoms with Crippen LogP contribution in [0.3, 0.4) is 0 Å². The minimum absolute atomic E-state index is 0.973. The summed E-state index contributed by atoms with van der Waals surface area (Å²) in [4.78, 5) is 6.93. The molecule has 1 aliphatic heterocycles. The highest BCUT2D eigenvalue weighted by molar-refractivity contribution is 7.12. The lowest BCUT2D eigenvalue weighted by Gasteiger charge is -2.28. The molecule has 3 heterocycles. The lowest BCUT2D eigenvalue weighted by Crippen LogP contribution is -2.30. The van der Waals surface area contributed by atoms with Gasteiger partial charge < -0.3 is 0 Å². The third kappa shape index (κ3) is 2.52. The average Bonchev–Trinajstić information content (AvgIpc) is 3.18. The third-order valence-electron chi connectivity index (χ3n) is 4.05. The molecule has 0 amide bonds. The Hall–Kier alpha value is -1.91. The highest BCUT2D eigenvalue weighted by atomic mass is 32.1. The number of hydrogen-bond acceptors (Lipinski definition) is 3. The van der Waals surface area contributed by atoms with Crippen molar-refractivity contribution in [3.63, 3.8) is 0 Å². The fraction of sp³-hybridized carbons (Fsp3) is 0.235. The van der Waals surface area contributed by atoms with E-state index in [9.17, 15) is 0 Å². The van der Waals surface area contributed by atoms with Crippen LogP contribution in [0.4, 0.5) is 0 Å². The molecule has 4 rings (SSSR count). The van der Waals surface area contributed by atoms with Crippen molar-refractivity contribution in [3.8, 4) is 5.13 Å². The van der Waals surface area contributed by atoms with Gasteiger partial charge in [-0.1, -0.05) is 24.3 Å². The SMILES string of the molecule is c1ccc2c(c1)CCN(Cc1cccn1-c1nccs1)C2. The number of rotatable bonds is 3. The molecule has 3 aromatic rings. The summed E-state index contributed by atoms with van der Waals surface area (Å²) in [5, 5.41) is 3.07. The van der Waals surface area contributed by atoms with E-state index in [0.717, 1.165) is 31.2 Å². The van der Waals surface area contributed by atoms with Gasteiger partial charge in [0.15, 0.2) is 5.13 Å². The number of fused-ring (bicyclic) bond motifs is 1. The summed E-state index contributed by atoms with van der Waals surface area (Å²) < 4.78 is 2.20. The number of nitrogens with zero attached hydrogens (tertiary/aromatic N) is 3. The third-order valence-corrected chi connectivity index (χ3v) is 4.82. The zero-order valence-electron chi connectivity index (χ0n) is 11.8. The van der Waals surface area contributed by atoms with Gasteiger partial charge in [0.1, 0.15) is 0 Å². The Balaban J connectivity index is 1.55. The van der Waals surface area contributed by atoms with Crippen LogP contribution in [0.5, 0.6) is 0 Å². The molecule has 4 heteroatoms. The van der Waals surface area contributed by atoms with Gasteiger partial charge in [-0.25, -0.2) is 4.98 Å². The second-order valence-electron chi connectivity index (χ2n) is 5.41. The standard InChI is InChI=1S/C17H17N3S/c1-2-5-15-12-19(10-7-14(15)4-1)13-16-6-3-9-20(16)17-18-8-11-21-17/h1-6,8-9,11H,7,10,12-13H2. The average molecular weight is 295 g/mol. The van der Waals surface area contributed by atoms with Crippen LogP contribution in [-0.2, 0) is 19.5 Å². The monoisotopic (exact) mass is 295 g/mol. The lowest BCUT2D eigenvalue weighted by molar-refractivity contribution is 0.241. The molecule has 0 atom stereocenters. The largest absolute Gasteiger partial charge is 0.296 e. The van der Waals surface area contributed by atoms with Crippen molar-refractivity contribution in [2.24, 2.45) is 0 Å². The predicted octanol–water partition coefficient (Wildman–Crippen LogP) is 3.49. The van der Waals surface area contributed by atoms with Gasteiger partial charge in [-0.2, -0.15) is 0 Å². The predicted molar refractivity (Wildman–Crippen MR) is 85.7 cm³/mol. The Labute approximate surface area is 128 Å². The summed E-state index contributed by atoms with van der Waals surface area (Å²) in [6.45, 7) is 3.14. The van der Waals surface area contributed by atoms with Gasteiger partial charge in [-0.3, -0.25) is 9.47 Å². The van der Waals surface area contributed by atoms with Gasteiger partial charge in [-0.05, 0) is 29.7 Å². The molecule has 0 saturated heterocycles. The number of hydrogen-bond donors (Lipinski definition) is 0. The van der Waals surface area contributed by atoms with Crippen LogP contribution in [0.2, 0.25) is 0 Å². The van der Waals surface area contributed by atoms with Crippen molar-refractivity contribution < 1.29 is 0 Å². The van der Waals surface area contributed by atoms with Crippen molar-refractivity contribution in [3.05, 3.63) is 71.0 Å². The van der Waals surface area contributed by atoms with Crippen LogP contribution >= 0.6 is 11.3 Å². The van der Waals surface area contributed by atoms with E-state index in [1.807, 2.05) is 11.6 Å². The van der Waals surface area contributed by atoms with E-state index in [1.54, 1.807) is 11.3 Å². The minimum atomic E-state index is 0.973. The maximum Gasteiger partial charge on any atom is 0.193 e. The highest BCUT2D eigenvalue weighted by Gasteiger charge is 2.17. The maximum atomic E-state index is 4.41. The van der Waals surface area contributed by atoms with Gasteiger partial charge in [0.25, 0.3) is 0 Å². The van der Waals surface area contributed by atoms with Crippen molar-refractivity contribution >= 4 is 11.3 Å². The molecule has 3 nitrogen and oxygen atoms in total. The fourth-order valence-corrected chi connectivity index (χ4v) is 3.64. The Morgan fingerprint density at radius 2 is 2.00 bits per heavy atom. The first-order chi connectivity index (χ1) is 10.4. The number of thiazole rings is 1. The summed E-state index contributed by atoms with van der Waals surface area (Å²) in [6, 6.07) is 13.1. The minimum Gasteiger partial charge on any atom is -0.296 e. The molecule has 0 bridgehead atoms. The first-order valence-electron chi connectivity index (χ1n) is 7.25. The van der Waals surface area contributed by atoms with Crippen LogP contribution < -0.4 is 0 Å². The lowest BCUT2D eigenvalue weighted by atomic mass is 10.00. The quantitative estimate of drug-likeness (QED) is 0.737. The summed E-state index contributed by atoms with van der Waals surface area (Å²) in [6.07, 6.45) is 5.11. The second-order valence-corrected chi connectivity index (χ2v) is 6.29. The van der Waals surface area contributed by atoms with E-state index in [0.29, 0.717) is 0 Å². The maximum absolute atomic E-state index is 4.41. The molecule has 1 aliphatic rings. The van der Waals surface area contributed by atoms with Crippen LogP contribution in [0.15, 0.2) is 54.2 Å². The van der Waals surface area contributed by atoms with Crippen molar-refractivity contribution in [1.29, 1.82) is 0 Å². The Morgan fingerprint density at radius 1 is 1.10 bits per heavy atom. The fourth-order valence-electron chi connectivity index (χ4n) is 2.98. The Kier molecular flexibility index (Phi) is 3.33. The van der Waals surface area contributed by atoms with E-state index in [2.05, 4.69) is 57.0 Å². The van der Waals surface area contributed by atoms with E-state index in [1.165, 1.54) is 16.8 Å². The topological polar surface area (TPSA) is 21.1 Å². The second kappa shape index (κ2) is 5.47. The molecular weight excluding hydrogens is 278 g/mol. The molecule has 0 radical (unpaired) electrons. The molecule has 21 heavy (non-hydrogen) atoms. The van der Waals surface area contributed by atoms with Gasteiger partial charge in [-0.15, -0.1) is 11.3 Å². The first-order valence-corrected chi connectivity index (χ1v) is 8.13. The number of aromatic nitrogens is 2. The van der Waals surface area contributed by atoms with Crippen LogP contribution in [-0.4, -0.2) is 21.0 Å². The highest BCUT2D eigenvalue weighted by Crippen LogP contribution is 2.22. The molecule has 106 valence electrons. The number of benzene rings is 1. The molecule has 0 spiro atoms. The van der Waals surface area contributed by atoms with Crippen molar-refractivity contribution in [1.82, 2.24) is 14.5 Å². The molecule has 0 saturated carbocycles.